The molecule has 0 radical (unpaired) electrons. The zero-order valence-corrected chi connectivity index (χ0v) is 10.5. The molecule has 1 aromatic heterocycles. The maximum atomic E-state index is 13.4. The Morgan fingerprint density at radius 1 is 1.39 bits per heavy atom. The van der Waals surface area contributed by atoms with Crippen molar-refractivity contribution in [3.05, 3.63) is 40.8 Å². The molecule has 2 rings (SSSR count). The van der Waals surface area contributed by atoms with Crippen LogP contribution in [-0.4, -0.2) is 9.78 Å². The summed E-state index contributed by atoms with van der Waals surface area (Å²) in [6.07, 6.45) is 0. The van der Waals surface area contributed by atoms with Crippen LogP contribution in [0.5, 0.6) is 0 Å². The van der Waals surface area contributed by atoms with Crippen LogP contribution in [0.3, 0.4) is 0 Å². The molecule has 1 N–H and O–H groups in total. The second-order valence-corrected chi connectivity index (χ2v) is 4.08. The van der Waals surface area contributed by atoms with E-state index in [4.69, 9.17) is 5.26 Å². The minimum absolute atomic E-state index is 0.280. The summed E-state index contributed by atoms with van der Waals surface area (Å²) < 4.78 is 15.0. The minimum Gasteiger partial charge on any atom is -0.339 e. The van der Waals surface area contributed by atoms with E-state index in [9.17, 15) is 4.39 Å². The summed E-state index contributed by atoms with van der Waals surface area (Å²) >= 11 is 0. The number of rotatable bonds is 2. The lowest BCUT2D eigenvalue weighted by Gasteiger charge is -2.10. The standard InChI is InChI=1S/C13H13FN4/c1-8-11(14)5-4-6-12(8)16-13-10(7-15)9(2)17-18(13)3/h4-6,16H,1-3H3. The van der Waals surface area contributed by atoms with Gasteiger partial charge in [-0.2, -0.15) is 10.4 Å². The number of aromatic nitrogens is 2. The van der Waals surface area contributed by atoms with Gasteiger partial charge in [0.1, 0.15) is 23.3 Å². The number of benzene rings is 1. The van der Waals surface area contributed by atoms with Gasteiger partial charge in [0.15, 0.2) is 0 Å². The predicted molar refractivity (Wildman–Crippen MR) is 67.1 cm³/mol. The molecule has 92 valence electrons. The average Bonchev–Trinajstić information content (AvgIpc) is 2.59. The molecule has 1 heterocycles. The number of nitrogens with one attached hydrogen (secondary N) is 1. The van der Waals surface area contributed by atoms with Crippen molar-refractivity contribution < 1.29 is 4.39 Å². The third-order valence-corrected chi connectivity index (χ3v) is 2.85. The lowest BCUT2D eigenvalue weighted by molar-refractivity contribution is 0.619. The van der Waals surface area contributed by atoms with Crippen molar-refractivity contribution in [2.45, 2.75) is 13.8 Å². The molecule has 0 bridgehead atoms. The topological polar surface area (TPSA) is 53.6 Å². The molecule has 0 aliphatic rings. The van der Waals surface area contributed by atoms with Crippen molar-refractivity contribution in [2.75, 3.05) is 5.32 Å². The van der Waals surface area contributed by atoms with Gasteiger partial charge < -0.3 is 5.32 Å². The van der Waals surface area contributed by atoms with E-state index in [0.29, 0.717) is 28.3 Å². The van der Waals surface area contributed by atoms with Gasteiger partial charge in [-0.25, -0.2) is 4.39 Å². The molecule has 0 atom stereocenters. The van der Waals surface area contributed by atoms with E-state index in [1.807, 2.05) is 0 Å². The summed E-state index contributed by atoms with van der Waals surface area (Å²) in [6.45, 7) is 3.45. The Bertz CT molecular complexity index is 637. The largest absolute Gasteiger partial charge is 0.339 e. The zero-order valence-electron chi connectivity index (χ0n) is 10.5. The summed E-state index contributed by atoms with van der Waals surface area (Å²) in [4.78, 5) is 0. The molecule has 18 heavy (non-hydrogen) atoms. The van der Waals surface area contributed by atoms with Crippen LogP contribution in [-0.2, 0) is 7.05 Å². The highest BCUT2D eigenvalue weighted by molar-refractivity contribution is 5.66. The van der Waals surface area contributed by atoms with Crippen LogP contribution < -0.4 is 5.32 Å². The second kappa shape index (κ2) is 4.49. The number of nitriles is 1. The molecular formula is C13H13FN4. The van der Waals surface area contributed by atoms with Crippen LogP contribution in [0.2, 0.25) is 0 Å². The molecule has 0 unspecified atom stereocenters. The van der Waals surface area contributed by atoms with Crippen molar-refractivity contribution in [3.8, 4) is 6.07 Å². The molecular weight excluding hydrogens is 231 g/mol. The Balaban J connectivity index is 2.47. The molecule has 0 saturated carbocycles. The summed E-state index contributed by atoms with van der Waals surface area (Å²) in [5.74, 6) is 0.293. The first-order chi connectivity index (χ1) is 8.54. The maximum Gasteiger partial charge on any atom is 0.146 e. The van der Waals surface area contributed by atoms with Gasteiger partial charge in [-0.3, -0.25) is 4.68 Å². The summed E-state index contributed by atoms with van der Waals surface area (Å²) in [6, 6.07) is 6.89. The lowest BCUT2D eigenvalue weighted by atomic mass is 10.2. The molecule has 0 aliphatic carbocycles. The van der Waals surface area contributed by atoms with Gasteiger partial charge in [-0.15, -0.1) is 0 Å². The zero-order chi connectivity index (χ0) is 13.3. The van der Waals surface area contributed by atoms with Crippen molar-refractivity contribution in [3.63, 3.8) is 0 Å². The Labute approximate surface area is 105 Å². The van der Waals surface area contributed by atoms with E-state index < -0.39 is 0 Å². The number of nitrogens with zero attached hydrogens (tertiary/aromatic N) is 3. The molecule has 4 nitrogen and oxygen atoms in total. The molecule has 1 aromatic carbocycles. The van der Waals surface area contributed by atoms with Gasteiger partial charge in [-0.1, -0.05) is 6.07 Å². The molecule has 0 aliphatic heterocycles. The Kier molecular flexibility index (Phi) is 3.02. The quantitative estimate of drug-likeness (QED) is 0.883. The van der Waals surface area contributed by atoms with Crippen molar-refractivity contribution in [1.29, 1.82) is 5.26 Å². The smallest absolute Gasteiger partial charge is 0.146 e. The molecule has 0 spiro atoms. The number of anilines is 2. The first kappa shape index (κ1) is 12.1. The lowest BCUT2D eigenvalue weighted by Crippen LogP contribution is -2.02. The van der Waals surface area contributed by atoms with Crippen LogP contribution in [0.25, 0.3) is 0 Å². The summed E-state index contributed by atoms with van der Waals surface area (Å²) in [5.41, 5.74) is 2.27. The van der Waals surface area contributed by atoms with Crippen LogP contribution in [0.15, 0.2) is 18.2 Å². The Morgan fingerprint density at radius 3 is 2.78 bits per heavy atom. The van der Waals surface area contributed by atoms with Crippen molar-refractivity contribution in [1.82, 2.24) is 9.78 Å². The third-order valence-electron chi connectivity index (χ3n) is 2.85. The number of aryl methyl sites for hydroxylation is 2. The van der Waals surface area contributed by atoms with Gasteiger partial charge in [0, 0.05) is 18.3 Å². The highest BCUT2D eigenvalue weighted by Gasteiger charge is 2.14. The monoisotopic (exact) mass is 244 g/mol. The predicted octanol–water partition coefficient (Wildman–Crippen LogP) is 2.79. The minimum atomic E-state index is -0.280. The third kappa shape index (κ3) is 1.93. The van der Waals surface area contributed by atoms with E-state index in [1.165, 1.54) is 6.07 Å². The van der Waals surface area contributed by atoms with Gasteiger partial charge in [0.2, 0.25) is 0 Å². The SMILES string of the molecule is Cc1nn(C)c(Nc2cccc(F)c2C)c1C#N. The highest BCUT2D eigenvalue weighted by Crippen LogP contribution is 2.25. The Morgan fingerprint density at radius 2 is 2.11 bits per heavy atom. The van der Waals surface area contributed by atoms with E-state index in [1.54, 1.807) is 37.7 Å². The number of hydrogen-bond donors (Lipinski definition) is 1. The average molecular weight is 244 g/mol. The summed E-state index contributed by atoms with van der Waals surface area (Å²) in [7, 11) is 1.74. The van der Waals surface area contributed by atoms with E-state index in [0.717, 1.165) is 0 Å². The number of halogens is 1. The molecule has 0 saturated heterocycles. The fourth-order valence-electron chi connectivity index (χ4n) is 1.81. The van der Waals surface area contributed by atoms with Crippen molar-refractivity contribution >= 4 is 11.5 Å². The van der Waals surface area contributed by atoms with E-state index >= 15 is 0 Å². The number of hydrogen-bond acceptors (Lipinski definition) is 3. The van der Waals surface area contributed by atoms with Crippen LogP contribution in [0.4, 0.5) is 15.9 Å². The van der Waals surface area contributed by atoms with E-state index in [-0.39, 0.29) is 5.82 Å². The van der Waals surface area contributed by atoms with Gasteiger partial charge >= 0.3 is 0 Å². The second-order valence-electron chi connectivity index (χ2n) is 4.08. The first-order valence-electron chi connectivity index (χ1n) is 5.50. The maximum absolute atomic E-state index is 13.4. The van der Waals surface area contributed by atoms with Crippen LogP contribution >= 0.6 is 0 Å². The normalized spacial score (nSPS) is 10.2. The molecule has 2 aromatic rings. The van der Waals surface area contributed by atoms with Crippen LogP contribution in [0.1, 0.15) is 16.8 Å². The highest BCUT2D eigenvalue weighted by atomic mass is 19.1. The van der Waals surface area contributed by atoms with Gasteiger partial charge in [0.05, 0.1) is 5.69 Å². The van der Waals surface area contributed by atoms with Gasteiger partial charge in [-0.05, 0) is 26.0 Å². The molecule has 0 amide bonds. The van der Waals surface area contributed by atoms with E-state index in [2.05, 4.69) is 16.5 Å². The fourth-order valence-corrected chi connectivity index (χ4v) is 1.81. The Hall–Kier alpha value is -2.35. The van der Waals surface area contributed by atoms with Crippen LogP contribution in [0, 0.1) is 31.0 Å². The van der Waals surface area contributed by atoms with Crippen molar-refractivity contribution in [2.24, 2.45) is 7.05 Å². The van der Waals surface area contributed by atoms with Gasteiger partial charge in [0.25, 0.3) is 0 Å². The fraction of sp³-hybridized carbons (Fsp3) is 0.231. The first-order valence-corrected chi connectivity index (χ1v) is 5.50. The molecule has 0 fully saturated rings. The molecule has 5 heteroatoms. The summed E-state index contributed by atoms with van der Waals surface area (Å²) in [5, 5.41) is 16.3.